The molecule has 3 nitrogen and oxygen atoms in total. The van der Waals surface area contributed by atoms with Crippen LogP contribution in [0, 0.1) is 6.92 Å². The van der Waals surface area contributed by atoms with Gasteiger partial charge in [-0.25, -0.2) is 0 Å². The van der Waals surface area contributed by atoms with E-state index in [1.165, 1.54) is 0 Å². The second-order valence-electron chi connectivity index (χ2n) is 3.89. The number of hydrogen-bond acceptors (Lipinski definition) is 3. The van der Waals surface area contributed by atoms with Gasteiger partial charge in [0.05, 0.1) is 5.69 Å². The summed E-state index contributed by atoms with van der Waals surface area (Å²) in [6.07, 6.45) is 0.742. The topological polar surface area (TPSA) is 52.0 Å². The number of nitrogens with zero attached hydrogens (tertiary/aromatic N) is 1. The Bertz CT molecular complexity index is 491. The van der Waals surface area contributed by atoms with E-state index < -0.39 is 0 Å². The average Bonchev–Trinajstić information content (AvgIpc) is 2.47. The molecule has 0 bridgehead atoms. The zero-order valence-electron chi connectivity index (χ0n) is 8.75. The Labute approximate surface area is 93.2 Å². The SMILES string of the molecule is Cc1noc2c(CC(C)N)cc(Cl)cc12. The monoisotopic (exact) mass is 224 g/mol. The molecule has 0 amide bonds. The average molecular weight is 225 g/mol. The zero-order valence-corrected chi connectivity index (χ0v) is 9.51. The fourth-order valence-corrected chi connectivity index (χ4v) is 1.93. The van der Waals surface area contributed by atoms with E-state index >= 15 is 0 Å². The van der Waals surface area contributed by atoms with Crippen LogP contribution in [0.3, 0.4) is 0 Å². The predicted molar refractivity (Wildman–Crippen MR) is 61.1 cm³/mol. The van der Waals surface area contributed by atoms with Gasteiger partial charge in [0, 0.05) is 22.0 Å². The Morgan fingerprint density at radius 1 is 1.53 bits per heavy atom. The second-order valence-corrected chi connectivity index (χ2v) is 4.33. The summed E-state index contributed by atoms with van der Waals surface area (Å²) in [5.41, 5.74) is 8.45. The van der Waals surface area contributed by atoms with Crippen LogP contribution in [0.1, 0.15) is 18.2 Å². The molecule has 80 valence electrons. The van der Waals surface area contributed by atoms with Gasteiger partial charge in [0.25, 0.3) is 0 Å². The Kier molecular flexibility index (Phi) is 2.67. The van der Waals surface area contributed by atoms with E-state index in [-0.39, 0.29) is 6.04 Å². The number of aryl methyl sites for hydroxylation is 1. The molecule has 0 aliphatic carbocycles. The molecule has 15 heavy (non-hydrogen) atoms. The summed E-state index contributed by atoms with van der Waals surface area (Å²) < 4.78 is 5.27. The maximum Gasteiger partial charge on any atom is 0.170 e. The Morgan fingerprint density at radius 3 is 2.93 bits per heavy atom. The molecule has 0 radical (unpaired) electrons. The lowest BCUT2D eigenvalue weighted by Gasteiger charge is -2.05. The van der Waals surface area contributed by atoms with Gasteiger partial charge in [-0.15, -0.1) is 0 Å². The molecule has 2 rings (SSSR count). The fourth-order valence-electron chi connectivity index (χ4n) is 1.69. The maximum absolute atomic E-state index is 6.03. The van der Waals surface area contributed by atoms with Crippen LogP contribution in [0.5, 0.6) is 0 Å². The smallest absolute Gasteiger partial charge is 0.170 e. The summed E-state index contributed by atoms with van der Waals surface area (Å²) in [7, 11) is 0. The van der Waals surface area contributed by atoms with Crippen molar-refractivity contribution in [2.75, 3.05) is 0 Å². The highest BCUT2D eigenvalue weighted by atomic mass is 35.5. The molecule has 1 heterocycles. The number of halogens is 1. The molecule has 1 atom stereocenters. The summed E-state index contributed by atoms with van der Waals surface area (Å²) in [6, 6.07) is 3.84. The third-order valence-electron chi connectivity index (χ3n) is 2.34. The van der Waals surface area contributed by atoms with Gasteiger partial charge in [0.2, 0.25) is 0 Å². The second kappa shape index (κ2) is 3.83. The molecule has 2 aromatic rings. The summed E-state index contributed by atoms with van der Waals surface area (Å²) in [5, 5.41) is 5.60. The third-order valence-corrected chi connectivity index (χ3v) is 2.55. The molecule has 0 aliphatic rings. The summed E-state index contributed by atoms with van der Waals surface area (Å²) in [5.74, 6) is 0. The predicted octanol–water partition coefficient (Wildman–Crippen LogP) is 2.68. The van der Waals surface area contributed by atoms with Gasteiger partial charge < -0.3 is 10.3 Å². The standard InChI is InChI=1S/C11H13ClN2O/c1-6(13)3-8-4-9(12)5-10-7(2)14-15-11(8)10/h4-6H,3,13H2,1-2H3. The minimum atomic E-state index is 0.0806. The number of nitrogens with two attached hydrogens (primary N) is 1. The zero-order chi connectivity index (χ0) is 11.0. The van der Waals surface area contributed by atoms with Gasteiger partial charge in [0.15, 0.2) is 5.58 Å². The first-order valence-electron chi connectivity index (χ1n) is 4.88. The molecule has 1 aromatic heterocycles. The van der Waals surface area contributed by atoms with Crippen LogP contribution in [0.2, 0.25) is 5.02 Å². The van der Waals surface area contributed by atoms with Crippen molar-refractivity contribution in [3.63, 3.8) is 0 Å². The van der Waals surface area contributed by atoms with Crippen LogP contribution in [-0.4, -0.2) is 11.2 Å². The molecular weight excluding hydrogens is 212 g/mol. The van der Waals surface area contributed by atoms with Gasteiger partial charge in [-0.2, -0.15) is 0 Å². The minimum absolute atomic E-state index is 0.0806. The highest BCUT2D eigenvalue weighted by Crippen LogP contribution is 2.27. The van der Waals surface area contributed by atoms with E-state index in [0.29, 0.717) is 5.02 Å². The summed E-state index contributed by atoms with van der Waals surface area (Å²) in [4.78, 5) is 0. The number of aromatic nitrogens is 1. The lowest BCUT2D eigenvalue weighted by atomic mass is 10.0. The Hall–Kier alpha value is -1.06. The fraction of sp³-hybridized carbons (Fsp3) is 0.364. The molecular formula is C11H13ClN2O. The third kappa shape index (κ3) is 1.98. The molecule has 0 fully saturated rings. The van der Waals surface area contributed by atoms with E-state index in [1.54, 1.807) is 0 Å². The first kappa shape index (κ1) is 10.5. The van der Waals surface area contributed by atoms with Gasteiger partial charge in [-0.05, 0) is 32.4 Å². The van der Waals surface area contributed by atoms with E-state index in [9.17, 15) is 0 Å². The van der Waals surface area contributed by atoms with Crippen molar-refractivity contribution in [1.82, 2.24) is 5.16 Å². The number of rotatable bonds is 2. The quantitative estimate of drug-likeness (QED) is 0.853. The molecule has 0 saturated carbocycles. The van der Waals surface area contributed by atoms with Crippen LogP contribution in [-0.2, 0) is 6.42 Å². The first-order valence-corrected chi connectivity index (χ1v) is 5.25. The van der Waals surface area contributed by atoms with Crippen LogP contribution in [0.4, 0.5) is 0 Å². The lowest BCUT2D eigenvalue weighted by molar-refractivity contribution is 0.447. The molecule has 4 heteroatoms. The van der Waals surface area contributed by atoms with Crippen molar-refractivity contribution < 1.29 is 4.52 Å². The van der Waals surface area contributed by atoms with Crippen molar-refractivity contribution in [3.05, 3.63) is 28.4 Å². The lowest BCUT2D eigenvalue weighted by Crippen LogP contribution is -2.17. The van der Waals surface area contributed by atoms with Crippen LogP contribution in [0.15, 0.2) is 16.7 Å². The van der Waals surface area contributed by atoms with E-state index in [4.69, 9.17) is 21.9 Å². The number of hydrogen-bond donors (Lipinski definition) is 1. The van der Waals surface area contributed by atoms with E-state index in [0.717, 1.165) is 28.6 Å². The van der Waals surface area contributed by atoms with Gasteiger partial charge in [0.1, 0.15) is 0 Å². The normalized spacial score (nSPS) is 13.3. The summed E-state index contributed by atoms with van der Waals surface area (Å²) in [6.45, 7) is 3.85. The van der Waals surface area contributed by atoms with Gasteiger partial charge in [-0.1, -0.05) is 16.8 Å². The molecule has 1 unspecified atom stereocenters. The maximum atomic E-state index is 6.03. The van der Waals surface area contributed by atoms with Crippen molar-refractivity contribution >= 4 is 22.6 Å². The van der Waals surface area contributed by atoms with Crippen molar-refractivity contribution in [3.8, 4) is 0 Å². The molecule has 0 saturated heterocycles. The highest BCUT2D eigenvalue weighted by molar-refractivity contribution is 6.31. The molecule has 0 spiro atoms. The van der Waals surface area contributed by atoms with E-state index in [2.05, 4.69) is 5.16 Å². The molecule has 1 aromatic carbocycles. The van der Waals surface area contributed by atoms with Crippen molar-refractivity contribution in [2.45, 2.75) is 26.3 Å². The largest absolute Gasteiger partial charge is 0.356 e. The molecule has 0 aliphatic heterocycles. The number of fused-ring (bicyclic) bond motifs is 1. The molecule has 2 N–H and O–H groups in total. The van der Waals surface area contributed by atoms with Crippen LogP contribution >= 0.6 is 11.6 Å². The minimum Gasteiger partial charge on any atom is -0.356 e. The Balaban J connectivity index is 2.61. The highest BCUT2D eigenvalue weighted by Gasteiger charge is 2.11. The summed E-state index contributed by atoms with van der Waals surface area (Å²) >= 11 is 6.03. The van der Waals surface area contributed by atoms with Crippen LogP contribution < -0.4 is 5.73 Å². The Morgan fingerprint density at radius 2 is 2.27 bits per heavy atom. The van der Waals surface area contributed by atoms with Gasteiger partial charge >= 0.3 is 0 Å². The van der Waals surface area contributed by atoms with E-state index in [1.807, 2.05) is 26.0 Å². The van der Waals surface area contributed by atoms with Crippen molar-refractivity contribution in [1.29, 1.82) is 0 Å². The first-order chi connectivity index (χ1) is 7.08. The van der Waals surface area contributed by atoms with Crippen molar-refractivity contribution in [2.24, 2.45) is 5.73 Å². The number of benzene rings is 1. The van der Waals surface area contributed by atoms with Crippen LogP contribution in [0.25, 0.3) is 11.0 Å². The van der Waals surface area contributed by atoms with Gasteiger partial charge in [-0.3, -0.25) is 0 Å².